The molecule has 1 aromatic carbocycles. The summed E-state index contributed by atoms with van der Waals surface area (Å²) in [7, 11) is 0. The van der Waals surface area contributed by atoms with Gasteiger partial charge in [-0.2, -0.15) is 0 Å². The first kappa shape index (κ1) is 14.4. The van der Waals surface area contributed by atoms with Crippen LogP contribution in [0.5, 0.6) is 5.75 Å². The van der Waals surface area contributed by atoms with Crippen molar-refractivity contribution in [2.45, 2.75) is 20.3 Å². The Morgan fingerprint density at radius 2 is 2.20 bits per heavy atom. The zero-order valence-corrected chi connectivity index (χ0v) is 11.9. The average Bonchev–Trinajstić information content (AvgIpc) is 2.78. The predicted octanol–water partition coefficient (Wildman–Crippen LogP) is 2.83. The molecule has 2 rings (SSSR count). The Morgan fingerprint density at radius 1 is 1.45 bits per heavy atom. The van der Waals surface area contributed by atoms with Crippen LogP contribution in [0, 0.1) is 11.7 Å². The van der Waals surface area contributed by atoms with Gasteiger partial charge in [-0.05, 0) is 24.1 Å². The third-order valence-electron chi connectivity index (χ3n) is 2.47. The number of hydrogen-bond donors (Lipinski definition) is 2. The van der Waals surface area contributed by atoms with Crippen LogP contribution < -0.4 is 5.32 Å². The van der Waals surface area contributed by atoms with Gasteiger partial charge in [-0.25, -0.2) is 4.39 Å². The topological polar surface area (TPSA) is 75.1 Å². The number of phenolic OH excluding ortho intramolecular Hbond substituents is 1. The van der Waals surface area contributed by atoms with Crippen LogP contribution in [-0.4, -0.2) is 21.2 Å². The number of carbonyl (C=O) groups is 1. The third-order valence-corrected chi connectivity index (χ3v) is 3.33. The minimum absolute atomic E-state index is 0.134. The van der Waals surface area contributed by atoms with Crippen LogP contribution in [-0.2, 0) is 6.42 Å². The van der Waals surface area contributed by atoms with E-state index in [1.54, 1.807) is 0 Å². The molecule has 0 radical (unpaired) electrons. The number of aromatic hydroxyl groups is 1. The summed E-state index contributed by atoms with van der Waals surface area (Å²) in [6, 6.07) is 3.19. The molecule has 0 aliphatic carbocycles. The highest BCUT2D eigenvalue weighted by Gasteiger charge is 2.15. The molecule has 2 N–H and O–H groups in total. The SMILES string of the molecule is CC(C)Cc1nnc(NC(=O)c2cc(F)ccc2O)s1. The summed E-state index contributed by atoms with van der Waals surface area (Å²) < 4.78 is 13.1. The first-order valence-electron chi connectivity index (χ1n) is 6.08. The Kier molecular flexibility index (Phi) is 4.29. The first-order valence-corrected chi connectivity index (χ1v) is 6.89. The van der Waals surface area contributed by atoms with Crippen LogP contribution in [0.1, 0.15) is 29.2 Å². The van der Waals surface area contributed by atoms with Crippen LogP contribution >= 0.6 is 11.3 Å². The van der Waals surface area contributed by atoms with Gasteiger partial charge in [0.15, 0.2) is 0 Å². The van der Waals surface area contributed by atoms with E-state index in [2.05, 4.69) is 29.4 Å². The minimum Gasteiger partial charge on any atom is -0.507 e. The van der Waals surface area contributed by atoms with Crippen molar-refractivity contribution in [3.63, 3.8) is 0 Å². The van der Waals surface area contributed by atoms with E-state index in [0.29, 0.717) is 11.0 Å². The number of hydrogen-bond acceptors (Lipinski definition) is 5. The summed E-state index contributed by atoms with van der Waals surface area (Å²) in [6.07, 6.45) is 0.777. The summed E-state index contributed by atoms with van der Waals surface area (Å²) in [4.78, 5) is 11.9. The second-order valence-corrected chi connectivity index (χ2v) is 5.78. The number of nitrogens with one attached hydrogen (secondary N) is 1. The van der Waals surface area contributed by atoms with E-state index in [9.17, 15) is 14.3 Å². The lowest BCUT2D eigenvalue weighted by Gasteiger charge is -2.03. The molecule has 5 nitrogen and oxygen atoms in total. The number of aromatic nitrogens is 2. The van der Waals surface area contributed by atoms with Crippen LogP contribution in [0.15, 0.2) is 18.2 Å². The average molecular weight is 295 g/mol. The molecule has 0 bridgehead atoms. The van der Waals surface area contributed by atoms with E-state index in [0.717, 1.165) is 29.6 Å². The van der Waals surface area contributed by atoms with Crippen LogP contribution in [0.2, 0.25) is 0 Å². The molecule has 2 aromatic rings. The van der Waals surface area contributed by atoms with Crippen molar-refractivity contribution in [1.29, 1.82) is 0 Å². The normalized spacial score (nSPS) is 10.8. The summed E-state index contributed by atoms with van der Waals surface area (Å²) >= 11 is 1.26. The Balaban J connectivity index is 2.11. The number of rotatable bonds is 4. The van der Waals surface area contributed by atoms with Gasteiger partial charge in [0, 0.05) is 6.42 Å². The minimum atomic E-state index is -0.616. The van der Waals surface area contributed by atoms with Gasteiger partial charge < -0.3 is 5.11 Å². The number of carbonyl (C=O) groups excluding carboxylic acids is 1. The first-order chi connectivity index (χ1) is 9.45. The molecule has 1 aromatic heterocycles. The number of benzene rings is 1. The molecular formula is C13H14FN3O2S. The monoisotopic (exact) mass is 295 g/mol. The maximum atomic E-state index is 13.1. The van der Waals surface area contributed by atoms with Gasteiger partial charge in [-0.3, -0.25) is 10.1 Å². The third kappa shape index (κ3) is 3.51. The summed E-state index contributed by atoms with van der Waals surface area (Å²) in [5, 5.41) is 21.0. The highest BCUT2D eigenvalue weighted by molar-refractivity contribution is 7.15. The predicted molar refractivity (Wildman–Crippen MR) is 74.5 cm³/mol. The van der Waals surface area contributed by atoms with Crippen molar-refractivity contribution in [3.8, 4) is 5.75 Å². The quantitative estimate of drug-likeness (QED) is 0.909. The van der Waals surface area contributed by atoms with Gasteiger partial charge >= 0.3 is 0 Å². The number of amides is 1. The van der Waals surface area contributed by atoms with Gasteiger partial charge in [-0.15, -0.1) is 10.2 Å². The van der Waals surface area contributed by atoms with E-state index in [4.69, 9.17) is 0 Å². The van der Waals surface area contributed by atoms with Crippen molar-refractivity contribution in [1.82, 2.24) is 10.2 Å². The Labute approximate surface area is 119 Å². The fourth-order valence-electron chi connectivity index (χ4n) is 1.59. The smallest absolute Gasteiger partial charge is 0.261 e. The molecule has 0 saturated heterocycles. The number of anilines is 1. The maximum Gasteiger partial charge on any atom is 0.261 e. The lowest BCUT2D eigenvalue weighted by Crippen LogP contribution is -2.12. The lowest BCUT2D eigenvalue weighted by atomic mass is 10.1. The molecule has 0 unspecified atom stereocenters. The molecule has 0 aliphatic rings. The van der Waals surface area contributed by atoms with Gasteiger partial charge in [-0.1, -0.05) is 25.2 Å². The van der Waals surface area contributed by atoms with Gasteiger partial charge in [0.2, 0.25) is 5.13 Å². The molecule has 1 amide bonds. The molecule has 0 aliphatic heterocycles. The van der Waals surface area contributed by atoms with Crippen LogP contribution in [0.4, 0.5) is 9.52 Å². The summed E-state index contributed by atoms with van der Waals surface area (Å²) in [5.74, 6) is -1.05. The zero-order chi connectivity index (χ0) is 14.7. The summed E-state index contributed by atoms with van der Waals surface area (Å²) in [6.45, 7) is 4.12. The Hall–Kier alpha value is -2.02. The van der Waals surface area contributed by atoms with Crippen molar-refractivity contribution < 1.29 is 14.3 Å². The van der Waals surface area contributed by atoms with Gasteiger partial charge in [0.25, 0.3) is 5.91 Å². The van der Waals surface area contributed by atoms with Crippen LogP contribution in [0.3, 0.4) is 0 Å². The molecule has 106 valence electrons. The number of nitrogens with zero attached hydrogens (tertiary/aromatic N) is 2. The van der Waals surface area contributed by atoms with E-state index in [-0.39, 0.29) is 11.3 Å². The molecule has 20 heavy (non-hydrogen) atoms. The Bertz CT molecular complexity index is 628. The fraction of sp³-hybridized carbons (Fsp3) is 0.308. The van der Waals surface area contributed by atoms with E-state index < -0.39 is 11.7 Å². The second kappa shape index (κ2) is 5.96. The highest BCUT2D eigenvalue weighted by atomic mass is 32.1. The van der Waals surface area contributed by atoms with Crippen molar-refractivity contribution in [2.24, 2.45) is 5.92 Å². The largest absolute Gasteiger partial charge is 0.507 e. The molecular weight excluding hydrogens is 281 g/mol. The lowest BCUT2D eigenvalue weighted by molar-refractivity contribution is 0.102. The second-order valence-electron chi connectivity index (χ2n) is 4.71. The summed E-state index contributed by atoms with van der Waals surface area (Å²) in [5.41, 5.74) is -0.134. The maximum absolute atomic E-state index is 13.1. The molecule has 0 saturated carbocycles. The molecule has 0 spiro atoms. The fourth-order valence-corrected chi connectivity index (χ4v) is 2.54. The van der Waals surface area contributed by atoms with Crippen molar-refractivity contribution in [3.05, 3.63) is 34.6 Å². The molecule has 1 heterocycles. The zero-order valence-electron chi connectivity index (χ0n) is 11.1. The molecule has 7 heteroatoms. The molecule has 0 fully saturated rings. The van der Waals surface area contributed by atoms with Gasteiger partial charge in [0.1, 0.15) is 16.6 Å². The highest BCUT2D eigenvalue weighted by Crippen LogP contribution is 2.22. The number of phenols is 1. The number of halogens is 1. The Morgan fingerprint density at radius 3 is 2.90 bits per heavy atom. The molecule has 0 atom stereocenters. The van der Waals surface area contributed by atoms with Gasteiger partial charge in [0.05, 0.1) is 5.56 Å². The standard InChI is InChI=1S/C13H14FN3O2S/c1-7(2)5-11-16-17-13(20-11)15-12(19)9-6-8(14)3-4-10(9)18/h3-4,6-7,18H,5H2,1-2H3,(H,15,17,19). The van der Waals surface area contributed by atoms with E-state index in [1.165, 1.54) is 11.3 Å². The van der Waals surface area contributed by atoms with E-state index >= 15 is 0 Å². The van der Waals surface area contributed by atoms with Crippen LogP contribution in [0.25, 0.3) is 0 Å². The van der Waals surface area contributed by atoms with E-state index in [1.807, 2.05) is 0 Å². The van der Waals surface area contributed by atoms with Crippen molar-refractivity contribution in [2.75, 3.05) is 5.32 Å². The van der Waals surface area contributed by atoms with Crippen molar-refractivity contribution >= 4 is 22.4 Å².